The molecule has 0 atom stereocenters. The smallest absolute Gasteiger partial charge is 0.262 e. The second-order valence-electron chi connectivity index (χ2n) is 7.06. The molecule has 0 saturated carbocycles. The molecule has 8 nitrogen and oxygen atoms in total. The number of hydrogen-bond acceptors (Lipinski definition) is 6. The molecule has 0 amide bonds. The van der Waals surface area contributed by atoms with Crippen LogP contribution in [0.5, 0.6) is 11.5 Å². The topological polar surface area (TPSA) is 102 Å². The zero-order valence-corrected chi connectivity index (χ0v) is 18.8. The van der Waals surface area contributed by atoms with Crippen LogP contribution in [-0.2, 0) is 20.0 Å². The number of hydrogen-bond donors (Lipinski definition) is 1. The van der Waals surface area contributed by atoms with Crippen LogP contribution in [0.25, 0.3) is 0 Å². The summed E-state index contributed by atoms with van der Waals surface area (Å²) in [7, 11) is -4.78. The molecule has 1 aliphatic heterocycles. The van der Waals surface area contributed by atoms with Crippen LogP contribution in [0.1, 0.15) is 24.8 Å². The van der Waals surface area contributed by atoms with Crippen molar-refractivity contribution in [2.45, 2.75) is 36.0 Å². The molecule has 10 heteroatoms. The van der Waals surface area contributed by atoms with E-state index in [2.05, 4.69) is 4.72 Å². The van der Waals surface area contributed by atoms with E-state index < -0.39 is 20.0 Å². The first-order chi connectivity index (χ1) is 14.2. The van der Waals surface area contributed by atoms with E-state index in [4.69, 9.17) is 9.47 Å². The molecule has 2 aromatic carbocycles. The third-order valence-electron chi connectivity index (χ3n) is 5.07. The van der Waals surface area contributed by atoms with E-state index in [1.165, 1.54) is 48.9 Å². The summed E-state index contributed by atoms with van der Waals surface area (Å²) < 4.78 is 66.0. The van der Waals surface area contributed by atoms with Gasteiger partial charge in [0.1, 0.15) is 0 Å². The van der Waals surface area contributed by atoms with Gasteiger partial charge < -0.3 is 9.47 Å². The van der Waals surface area contributed by atoms with E-state index in [1.807, 2.05) is 0 Å². The molecule has 0 unspecified atom stereocenters. The molecule has 1 saturated heterocycles. The molecular formula is C20H26N2O6S2. The fourth-order valence-corrected chi connectivity index (χ4v) is 5.99. The Morgan fingerprint density at radius 3 is 2.10 bits per heavy atom. The maximum absolute atomic E-state index is 13.0. The summed E-state index contributed by atoms with van der Waals surface area (Å²) in [6.07, 6.45) is 2.66. The summed E-state index contributed by atoms with van der Waals surface area (Å²) in [5.41, 5.74) is 0.819. The quantitative estimate of drug-likeness (QED) is 0.690. The van der Waals surface area contributed by atoms with E-state index in [9.17, 15) is 16.8 Å². The molecule has 164 valence electrons. The van der Waals surface area contributed by atoms with Crippen LogP contribution in [-0.4, -0.2) is 48.4 Å². The molecule has 0 aliphatic carbocycles. The molecule has 1 N–H and O–H groups in total. The number of benzene rings is 2. The third-order valence-corrected chi connectivity index (χ3v) is 8.33. The highest BCUT2D eigenvalue weighted by molar-refractivity contribution is 7.92. The minimum absolute atomic E-state index is 0.0242. The maximum Gasteiger partial charge on any atom is 0.262 e. The highest BCUT2D eigenvalue weighted by Gasteiger charge is 2.27. The first-order valence-electron chi connectivity index (χ1n) is 9.54. The Morgan fingerprint density at radius 1 is 0.833 bits per heavy atom. The van der Waals surface area contributed by atoms with Gasteiger partial charge in [-0.25, -0.2) is 16.8 Å². The van der Waals surface area contributed by atoms with Crippen LogP contribution < -0.4 is 14.2 Å². The highest BCUT2D eigenvalue weighted by atomic mass is 32.2. The number of aryl methyl sites for hydroxylation is 1. The van der Waals surface area contributed by atoms with Crippen LogP contribution in [0.2, 0.25) is 0 Å². The van der Waals surface area contributed by atoms with Gasteiger partial charge in [-0.15, -0.1) is 0 Å². The Hall–Kier alpha value is -2.30. The van der Waals surface area contributed by atoms with E-state index in [0.717, 1.165) is 19.3 Å². The zero-order chi connectivity index (χ0) is 21.9. The van der Waals surface area contributed by atoms with Crippen molar-refractivity contribution in [2.24, 2.45) is 0 Å². The van der Waals surface area contributed by atoms with Gasteiger partial charge in [0.25, 0.3) is 10.0 Å². The van der Waals surface area contributed by atoms with E-state index in [-0.39, 0.29) is 21.2 Å². The molecule has 0 spiro atoms. The lowest BCUT2D eigenvalue weighted by Gasteiger charge is -2.26. The molecule has 1 heterocycles. The predicted octanol–water partition coefficient (Wildman–Crippen LogP) is 2.99. The van der Waals surface area contributed by atoms with E-state index in [0.29, 0.717) is 24.4 Å². The van der Waals surface area contributed by atoms with Gasteiger partial charge in [-0.3, -0.25) is 4.72 Å². The maximum atomic E-state index is 13.0. The molecule has 2 aromatic rings. The summed E-state index contributed by atoms with van der Waals surface area (Å²) in [6.45, 7) is 2.66. The van der Waals surface area contributed by atoms with Crippen molar-refractivity contribution in [2.75, 3.05) is 32.0 Å². The Morgan fingerprint density at radius 2 is 1.47 bits per heavy atom. The van der Waals surface area contributed by atoms with Gasteiger partial charge in [0.2, 0.25) is 10.0 Å². The molecule has 30 heavy (non-hydrogen) atoms. The molecule has 3 rings (SSSR count). The number of ether oxygens (including phenoxy) is 2. The van der Waals surface area contributed by atoms with Gasteiger partial charge in [0, 0.05) is 19.2 Å². The van der Waals surface area contributed by atoms with Gasteiger partial charge >= 0.3 is 0 Å². The lowest BCUT2D eigenvalue weighted by atomic mass is 10.2. The fourth-order valence-electron chi connectivity index (χ4n) is 3.31. The SMILES string of the molecule is COc1ccc(S(=O)(=O)Nc2cc(S(=O)(=O)N3CCCCC3)ccc2C)cc1OC. The van der Waals surface area contributed by atoms with Crippen LogP contribution >= 0.6 is 0 Å². The van der Waals surface area contributed by atoms with E-state index >= 15 is 0 Å². The van der Waals surface area contributed by atoms with E-state index in [1.54, 1.807) is 13.0 Å². The number of piperidine rings is 1. The average Bonchev–Trinajstić information content (AvgIpc) is 2.75. The monoisotopic (exact) mass is 454 g/mol. The lowest BCUT2D eigenvalue weighted by molar-refractivity contribution is 0.346. The highest BCUT2D eigenvalue weighted by Crippen LogP contribution is 2.31. The molecule has 0 bridgehead atoms. The van der Waals surface area contributed by atoms with Crippen molar-refractivity contribution in [3.8, 4) is 11.5 Å². The number of sulfonamides is 2. The summed E-state index contributed by atoms with van der Waals surface area (Å²) in [5.74, 6) is 0.681. The second-order valence-corrected chi connectivity index (χ2v) is 10.7. The molecule has 1 fully saturated rings. The Kier molecular flexibility index (Phi) is 6.59. The predicted molar refractivity (Wildman–Crippen MR) is 114 cm³/mol. The van der Waals surface area contributed by atoms with Gasteiger partial charge in [-0.1, -0.05) is 12.5 Å². The number of nitrogens with zero attached hydrogens (tertiary/aromatic N) is 1. The van der Waals surface area contributed by atoms with Crippen molar-refractivity contribution < 1.29 is 26.3 Å². The van der Waals surface area contributed by atoms with Gasteiger partial charge in [-0.05, 0) is 49.6 Å². The summed E-state index contributed by atoms with van der Waals surface area (Å²) >= 11 is 0. The second kappa shape index (κ2) is 8.83. The Balaban J connectivity index is 1.94. The summed E-state index contributed by atoms with van der Waals surface area (Å²) in [5, 5.41) is 0. The number of nitrogens with one attached hydrogen (secondary N) is 1. The molecular weight excluding hydrogens is 428 g/mol. The number of methoxy groups -OCH3 is 2. The fraction of sp³-hybridized carbons (Fsp3) is 0.400. The number of rotatable bonds is 7. The van der Waals surface area contributed by atoms with Crippen LogP contribution in [0.15, 0.2) is 46.2 Å². The minimum Gasteiger partial charge on any atom is -0.493 e. The normalized spacial score (nSPS) is 15.6. The van der Waals surface area contributed by atoms with Crippen molar-refractivity contribution in [1.82, 2.24) is 4.31 Å². The largest absolute Gasteiger partial charge is 0.493 e. The Bertz CT molecular complexity index is 1120. The first kappa shape index (κ1) is 22.4. The first-order valence-corrected chi connectivity index (χ1v) is 12.5. The summed E-state index contributed by atoms with van der Waals surface area (Å²) in [6, 6.07) is 8.73. The molecule has 0 radical (unpaired) electrons. The summed E-state index contributed by atoms with van der Waals surface area (Å²) in [4.78, 5) is 0.0452. The van der Waals surface area contributed by atoms with Crippen molar-refractivity contribution in [3.63, 3.8) is 0 Å². The molecule has 1 aliphatic rings. The van der Waals surface area contributed by atoms with Crippen molar-refractivity contribution in [1.29, 1.82) is 0 Å². The van der Waals surface area contributed by atoms with Crippen molar-refractivity contribution >= 4 is 25.7 Å². The van der Waals surface area contributed by atoms with Gasteiger partial charge in [-0.2, -0.15) is 4.31 Å². The average molecular weight is 455 g/mol. The lowest BCUT2D eigenvalue weighted by Crippen LogP contribution is -2.35. The standard InChI is InChI=1S/C20H26N2O6S2/c1-15-7-8-17(30(25,26)22-11-5-4-6-12-22)13-18(15)21-29(23,24)16-9-10-19(27-2)20(14-16)28-3/h7-10,13-14,21H,4-6,11-12H2,1-3H3. The van der Waals surface area contributed by atoms with Crippen LogP contribution in [0.4, 0.5) is 5.69 Å². The zero-order valence-electron chi connectivity index (χ0n) is 17.2. The van der Waals surface area contributed by atoms with Crippen molar-refractivity contribution in [3.05, 3.63) is 42.0 Å². The van der Waals surface area contributed by atoms with Gasteiger partial charge in [0.05, 0.1) is 29.7 Å². The Labute approximate surface area is 177 Å². The van der Waals surface area contributed by atoms with Crippen LogP contribution in [0.3, 0.4) is 0 Å². The van der Waals surface area contributed by atoms with Gasteiger partial charge in [0.15, 0.2) is 11.5 Å². The molecule has 0 aromatic heterocycles. The van der Waals surface area contributed by atoms with Crippen LogP contribution in [0, 0.1) is 6.92 Å². The third kappa shape index (κ3) is 4.55. The minimum atomic E-state index is -3.97. The number of anilines is 1.